The summed E-state index contributed by atoms with van der Waals surface area (Å²) in [5, 5.41) is 2.86. The summed E-state index contributed by atoms with van der Waals surface area (Å²) in [5.74, 6) is 2.46. The van der Waals surface area contributed by atoms with Crippen LogP contribution in [0.15, 0.2) is 0 Å². The fourth-order valence-corrected chi connectivity index (χ4v) is 4.25. The van der Waals surface area contributed by atoms with Crippen LogP contribution in [0.25, 0.3) is 0 Å². The van der Waals surface area contributed by atoms with Crippen molar-refractivity contribution in [3.8, 4) is 0 Å². The average molecular weight is 246 g/mol. The molecule has 94 valence electrons. The second-order valence-electron chi connectivity index (χ2n) is 5.21. The van der Waals surface area contributed by atoms with E-state index in [1.165, 1.54) is 25.7 Å². The molecule has 0 amide bonds. The van der Waals surface area contributed by atoms with Crippen LogP contribution in [-0.2, 0) is 10.0 Å². The van der Waals surface area contributed by atoms with Crippen molar-refractivity contribution in [1.82, 2.24) is 10.0 Å². The zero-order valence-corrected chi connectivity index (χ0v) is 10.7. The summed E-state index contributed by atoms with van der Waals surface area (Å²) in [4.78, 5) is 0. The standard InChI is InChI=1S/C11H22N2O2S/c1-12-4-5-16(14,15)13-8-11-7-9-2-3-10(11)6-9/h9-13H,2-8H2,1H3. The van der Waals surface area contributed by atoms with Gasteiger partial charge in [0.1, 0.15) is 0 Å². The zero-order valence-electron chi connectivity index (χ0n) is 9.91. The van der Waals surface area contributed by atoms with Crippen molar-refractivity contribution in [2.75, 3.05) is 25.9 Å². The fraction of sp³-hybridized carbons (Fsp3) is 1.00. The Balaban J connectivity index is 1.75. The molecule has 0 aromatic rings. The van der Waals surface area contributed by atoms with Crippen LogP contribution in [0.1, 0.15) is 25.7 Å². The number of hydrogen-bond donors (Lipinski definition) is 2. The Labute approximate surface area is 98.2 Å². The number of nitrogens with one attached hydrogen (secondary N) is 2. The van der Waals surface area contributed by atoms with Gasteiger partial charge in [-0.2, -0.15) is 0 Å². The highest BCUT2D eigenvalue weighted by Gasteiger charge is 2.39. The molecule has 0 aromatic carbocycles. The second kappa shape index (κ2) is 5.02. The summed E-state index contributed by atoms with van der Waals surface area (Å²) in [7, 11) is -1.29. The third-order valence-corrected chi connectivity index (χ3v) is 5.42. The number of sulfonamides is 1. The molecule has 3 unspecified atom stereocenters. The van der Waals surface area contributed by atoms with E-state index < -0.39 is 10.0 Å². The summed E-state index contributed by atoms with van der Waals surface area (Å²) in [6.07, 6.45) is 5.25. The van der Waals surface area contributed by atoms with Crippen molar-refractivity contribution in [3.05, 3.63) is 0 Å². The van der Waals surface area contributed by atoms with E-state index in [4.69, 9.17) is 0 Å². The summed E-state index contributed by atoms with van der Waals surface area (Å²) in [6, 6.07) is 0. The van der Waals surface area contributed by atoms with Crippen LogP contribution < -0.4 is 10.0 Å². The molecule has 2 N–H and O–H groups in total. The second-order valence-corrected chi connectivity index (χ2v) is 7.13. The lowest BCUT2D eigenvalue weighted by Crippen LogP contribution is -2.35. The minimum Gasteiger partial charge on any atom is -0.319 e. The summed E-state index contributed by atoms with van der Waals surface area (Å²) < 4.78 is 26.0. The van der Waals surface area contributed by atoms with Crippen molar-refractivity contribution in [3.63, 3.8) is 0 Å². The topological polar surface area (TPSA) is 58.2 Å². The SMILES string of the molecule is CNCCS(=O)(=O)NCC1CC2CCC1C2. The molecule has 16 heavy (non-hydrogen) atoms. The fourth-order valence-electron chi connectivity index (χ4n) is 3.17. The zero-order chi connectivity index (χ0) is 11.6. The molecule has 0 radical (unpaired) electrons. The van der Waals surface area contributed by atoms with Gasteiger partial charge < -0.3 is 5.32 Å². The summed E-state index contributed by atoms with van der Waals surface area (Å²) in [5.41, 5.74) is 0. The molecule has 3 atom stereocenters. The van der Waals surface area contributed by atoms with E-state index in [1.54, 1.807) is 7.05 Å². The first-order chi connectivity index (χ1) is 7.61. The monoisotopic (exact) mass is 246 g/mol. The molecule has 0 aromatic heterocycles. The molecule has 2 fully saturated rings. The number of hydrogen-bond acceptors (Lipinski definition) is 3. The Hall–Kier alpha value is -0.130. The van der Waals surface area contributed by atoms with Crippen LogP contribution in [0.4, 0.5) is 0 Å². The van der Waals surface area contributed by atoms with Gasteiger partial charge in [-0.25, -0.2) is 13.1 Å². The minimum atomic E-state index is -3.06. The maximum absolute atomic E-state index is 11.6. The van der Waals surface area contributed by atoms with Gasteiger partial charge in [0.05, 0.1) is 5.75 Å². The number of rotatable bonds is 6. The van der Waals surface area contributed by atoms with Gasteiger partial charge in [-0.15, -0.1) is 0 Å². The molecule has 2 bridgehead atoms. The highest BCUT2D eigenvalue weighted by atomic mass is 32.2. The van der Waals surface area contributed by atoms with Crippen LogP contribution in [-0.4, -0.2) is 34.3 Å². The molecule has 0 saturated heterocycles. The third-order valence-electron chi connectivity index (χ3n) is 4.07. The Morgan fingerprint density at radius 2 is 2.06 bits per heavy atom. The van der Waals surface area contributed by atoms with Crippen molar-refractivity contribution < 1.29 is 8.42 Å². The van der Waals surface area contributed by atoms with Gasteiger partial charge in [0.2, 0.25) is 10.0 Å². The lowest BCUT2D eigenvalue weighted by Gasteiger charge is -2.21. The van der Waals surface area contributed by atoms with Gasteiger partial charge in [-0.05, 0) is 44.1 Å². The summed E-state index contributed by atoms with van der Waals surface area (Å²) in [6.45, 7) is 1.18. The van der Waals surface area contributed by atoms with E-state index in [1.807, 2.05) is 0 Å². The highest BCUT2D eigenvalue weighted by molar-refractivity contribution is 7.89. The molecule has 4 nitrogen and oxygen atoms in total. The minimum absolute atomic E-state index is 0.185. The van der Waals surface area contributed by atoms with Gasteiger partial charge in [0, 0.05) is 13.1 Å². The largest absolute Gasteiger partial charge is 0.319 e. The van der Waals surface area contributed by atoms with Crippen molar-refractivity contribution >= 4 is 10.0 Å². The first kappa shape index (κ1) is 12.3. The molecule has 0 aliphatic heterocycles. The Bertz CT molecular complexity index is 329. The van der Waals surface area contributed by atoms with E-state index in [9.17, 15) is 8.42 Å². The normalized spacial score (nSPS) is 33.4. The maximum Gasteiger partial charge on any atom is 0.212 e. The number of fused-ring (bicyclic) bond motifs is 2. The van der Waals surface area contributed by atoms with E-state index >= 15 is 0 Å². The molecule has 2 rings (SSSR count). The van der Waals surface area contributed by atoms with Crippen LogP contribution >= 0.6 is 0 Å². The van der Waals surface area contributed by atoms with Crippen LogP contribution in [0.3, 0.4) is 0 Å². The van der Waals surface area contributed by atoms with E-state index in [-0.39, 0.29) is 5.75 Å². The predicted molar refractivity (Wildman–Crippen MR) is 64.7 cm³/mol. The maximum atomic E-state index is 11.6. The molecule has 2 aliphatic rings. The third kappa shape index (κ3) is 2.96. The Morgan fingerprint density at radius 3 is 2.62 bits per heavy atom. The van der Waals surface area contributed by atoms with Crippen LogP contribution in [0.2, 0.25) is 0 Å². The highest BCUT2D eigenvalue weighted by Crippen LogP contribution is 2.47. The van der Waals surface area contributed by atoms with Gasteiger partial charge in [0.15, 0.2) is 0 Å². The van der Waals surface area contributed by atoms with E-state index in [0.717, 1.165) is 11.8 Å². The first-order valence-corrected chi connectivity index (χ1v) is 7.88. The van der Waals surface area contributed by atoms with Gasteiger partial charge in [0.25, 0.3) is 0 Å². The lowest BCUT2D eigenvalue weighted by atomic mass is 9.89. The smallest absolute Gasteiger partial charge is 0.212 e. The van der Waals surface area contributed by atoms with Crippen molar-refractivity contribution in [2.24, 2.45) is 17.8 Å². The Kier molecular flexibility index (Phi) is 3.87. The molecular formula is C11H22N2O2S. The lowest BCUT2D eigenvalue weighted by molar-refractivity contribution is 0.333. The molecular weight excluding hydrogens is 224 g/mol. The molecule has 2 saturated carbocycles. The van der Waals surface area contributed by atoms with Crippen molar-refractivity contribution in [1.29, 1.82) is 0 Å². The quantitative estimate of drug-likeness (QED) is 0.720. The van der Waals surface area contributed by atoms with Crippen LogP contribution in [0.5, 0.6) is 0 Å². The molecule has 2 aliphatic carbocycles. The van der Waals surface area contributed by atoms with Gasteiger partial charge in [-0.3, -0.25) is 0 Å². The molecule has 5 heteroatoms. The first-order valence-electron chi connectivity index (χ1n) is 6.22. The average Bonchev–Trinajstić information content (AvgIpc) is 2.85. The van der Waals surface area contributed by atoms with E-state index in [2.05, 4.69) is 10.0 Å². The van der Waals surface area contributed by atoms with Gasteiger partial charge in [-0.1, -0.05) is 6.42 Å². The molecule has 0 spiro atoms. The summed E-state index contributed by atoms with van der Waals surface area (Å²) >= 11 is 0. The van der Waals surface area contributed by atoms with Gasteiger partial charge >= 0.3 is 0 Å². The molecule has 0 heterocycles. The van der Waals surface area contributed by atoms with Crippen LogP contribution in [0, 0.1) is 17.8 Å². The van der Waals surface area contributed by atoms with Crippen molar-refractivity contribution in [2.45, 2.75) is 25.7 Å². The Morgan fingerprint density at radius 1 is 1.25 bits per heavy atom. The van der Waals surface area contributed by atoms with E-state index in [0.29, 0.717) is 19.0 Å². The predicted octanol–water partition coefficient (Wildman–Crippen LogP) is 0.561.